The molecule has 0 saturated carbocycles. The van der Waals surface area contributed by atoms with E-state index < -0.39 is 0 Å². The number of methoxy groups -OCH3 is 2. The minimum atomic E-state index is 0.0183. The maximum Gasteiger partial charge on any atom is 0.161 e. The predicted molar refractivity (Wildman–Crippen MR) is 76.9 cm³/mol. The molecule has 18 heavy (non-hydrogen) atoms. The van der Waals surface area contributed by atoms with Crippen LogP contribution in [0.2, 0.25) is 0 Å². The first kappa shape index (κ1) is 15.2. The second kappa shape index (κ2) is 6.89. The van der Waals surface area contributed by atoms with Crippen LogP contribution < -0.4 is 9.47 Å². The number of benzene rings is 1. The van der Waals surface area contributed by atoms with Gasteiger partial charge in [-0.3, -0.25) is 0 Å². The zero-order valence-corrected chi connectivity index (χ0v) is 12.7. The summed E-state index contributed by atoms with van der Waals surface area (Å²) in [5.74, 6) is 1.95. The van der Waals surface area contributed by atoms with Crippen molar-refractivity contribution in [1.29, 1.82) is 0 Å². The molecule has 1 rings (SSSR count). The first-order valence-electron chi connectivity index (χ1n) is 6.41. The molecule has 102 valence electrons. The average molecular weight is 271 g/mol. The van der Waals surface area contributed by atoms with E-state index in [0.717, 1.165) is 35.5 Å². The van der Waals surface area contributed by atoms with Gasteiger partial charge in [0.15, 0.2) is 11.5 Å². The van der Waals surface area contributed by atoms with Crippen molar-refractivity contribution < 1.29 is 9.47 Å². The van der Waals surface area contributed by atoms with Gasteiger partial charge in [-0.15, -0.1) is 11.6 Å². The molecule has 0 fully saturated rings. The second-order valence-electron chi connectivity index (χ2n) is 4.73. The van der Waals surface area contributed by atoms with E-state index in [0.29, 0.717) is 5.92 Å². The van der Waals surface area contributed by atoms with E-state index >= 15 is 0 Å². The van der Waals surface area contributed by atoms with Crippen molar-refractivity contribution in [3.63, 3.8) is 0 Å². The predicted octanol–water partition coefficient (Wildman–Crippen LogP) is 4.73. The smallest absolute Gasteiger partial charge is 0.161 e. The molecule has 0 amide bonds. The molecule has 0 bridgehead atoms. The van der Waals surface area contributed by atoms with Gasteiger partial charge in [0.1, 0.15) is 0 Å². The lowest BCUT2D eigenvalue weighted by Crippen LogP contribution is -2.06. The maximum atomic E-state index is 6.57. The van der Waals surface area contributed by atoms with E-state index in [-0.39, 0.29) is 5.38 Å². The van der Waals surface area contributed by atoms with E-state index in [9.17, 15) is 0 Å². The Balaban J connectivity index is 3.08. The lowest BCUT2D eigenvalue weighted by molar-refractivity contribution is 0.353. The Kier molecular flexibility index (Phi) is 5.80. The summed E-state index contributed by atoms with van der Waals surface area (Å²) in [5.41, 5.74) is 2.28. The number of hydrogen-bond donors (Lipinski definition) is 0. The summed E-state index contributed by atoms with van der Waals surface area (Å²) in [6, 6.07) is 3.99. The topological polar surface area (TPSA) is 18.5 Å². The minimum Gasteiger partial charge on any atom is -0.493 e. The lowest BCUT2D eigenvalue weighted by Gasteiger charge is -2.21. The van der Waals surface area contributed by atoms with Gasteiger partial charge in [-0.1, -0.05) is 20.3 Å². The van der Waals surface area contributed by atoms with Gasteiger partial charge in [0.25, 0.3) is 0 Å². The number of ether oxygens (including phenoxy) is 2. The number of alkyl halides is 1. The van der Waals surface area contributed by atoms with Crippen LogP contribution >= 0.6 is 11.6 Å². The molecule has 2 unspecified atom stereocenters. The first-order chi connectivity index (χ1) is 8.54. The maximum absolute atomic E-state index is 6.57. The quantitative estimate of drug-likeness (QED) is 0.696. The van der Waals surface area contributed by atoms with Gasteiger partial charge in [-0.25, -0.2) is 0 Å². The van der Waals surface area contributed by atoms with Crippen molar-refractivity contribution in [1.82, 2.24) is 0 Å². The highest BCUT2D eigenvalue weighted by Gasteiger charge is 2.20. The summed E-state index contributed by atoms with van der Waals surface area (Å²) in [7, 11) is 3.30. The summed E-state index contributed by atoms with van der Waals surface area (Å²) >= 11 is 6.57. The molecular weight excluding hydrogens is 248 g/mol. The van der Waals surface area contributed by atoms with Crippen LogP contribution in [-0.2, 0) is 0 Å². The SMILES string of the molecule is CCCC(C)C(Cl)c1cc(OC)c(OC)cc1C. The fourth-order valence-corrected chi connectivity index (χ4v) is 2.56. The second-order valence-corrected chi connectivity index (χ2v) is 5.20. The zero-order valence-electron chi connectivity index (χ0n) is 11.9. The normalized spacial score (nSPS) is 14.1. The van der Waals surface area contributed by atoms with Crippen LogP contribution in [0.5, 0.6) is 11.5 Å². The largest absolute Gasteiger partial charge is 0.493 e. The van der Waals surface area contributed by atoms with Gasteiger partial charge in [0.05, 0.1) is 19.6 Å². The van der Waals surface area contributed by atoms with Gasteiger partial charge in [-0.2, -0.15) is 0 Å². The number of aryl methyl sites for hydroxylation is 1. The van der Waals surface area contributed by atoms with Gasteiger partial charge < -0.3 is 9.47 Å². The highest BCUT2D eigenvalue weighted by molar-refractivity contribution is 6.21. The highest BCUT2D eigenvalue weighted by atomic mass is 35.5. The van der Waals surface area contributed by atoms with E-state index in [1.807, 2.05) is 12.1 Å². The van der Waals surface area contributed by atoms with Crippen molar-refractivity contribution >= 4 is 11.6 Å². The van der Waals surface area contributed by atoms with Crippen LogP contribution in [0.4, 0.5) is 0 Å². The number of hydrogen-bond acceptors (Lipinski definition) is 2. The Morgan fingerprint density at radius 3 is 2.22 bits per heavy atom. The molecule has 0 aliphatic rings. The lowest BCUT2D eigenvalue weighted by atomic mass is 9.93. The Hall–Kier alpha value is -0.890. The molecule has 0 aromatic heterocycles. The van der Waals surface area contributed by atoms with Gasteiger partial charge in [-0.05, 0) is 42.5 Å². The molecule has 1 aromatic carbocycles. The van der Waals surface area contributed by atoms with Crippen LogP contribution in [0.25, 0.3) is 0 Å². The standard InChI is InChI=1S/C15H23ClO2/c1-6-7-10(2)15(16)12-9-14(18-5)13(17-4)8-11(12)3/h8-10,15H,6-7H2,1-5H3. The Morgan fingerprint density at radius 2 is 1.72 bits per heavy atom. The van der Waals surface area contributed by atoms with Gasteiger partial charge in [0.2, 0.25) is 0 Å². The summed E-state index contributed by atoms with van der Waals surface area (Å²) in [6.07, 6.45) is 2.28. The summed E-state index contributed by atoms with van der Waals surface area (Å²) in [5, 5.41) is 0.0183. The summed E-state index contributed by atoms with van der Waals surface area (Å²) in [4.78, 5) is 0. The van der Waals surface area contributed by atoms with Crippen LogP contribution in [0, 0.1) is 12.8 Å². The van der Waals surface area contributed by atoms with Crippen molar-refractivity contribution in [2.75, 3.05) is 14.2 Å². The number of rotatable bonds is 6. The van der Waals surface area contributed by atoms with E-state index in [4.69, 9.17) is 21.1 Å². The Labute approximate surface area is 115 Å². The third kappa shape index (κ3) is 3.32. The van der Waals surface area contributed by atoms with E-state index in [2.05, 4.69) is 20.8 Å². The highest BCUT2D eigenvalue weighted by Crippen LogP contribution is 2.39. The summed E-state index contributed by atoms with van der Waals surface area (Å²) in [6.45, 7) is 6.43. The van der Waals surface area contributed by atoms with Crippen molar-refractivity contribution in [3.8, 4) is 11.5 Å². The van der Waals surface area contributed by atoms with E-state index in [1.165, 1.54) is 0 Å². The molecule has 0 aliphatic carbocycles. The molecule has 0 spiro atoms. The Bertz CT molecular complexity index is 390. The third-order valence-electron chi connectivity index (χ3n) is 3.31. The molecular formula is C15H23ClO2. The van der Waals surface area contributed by atoms with E-state index in [1.54, 1.807) is 14.2 Å². The molecule has 3 heteroatoms. The number of halogens is 1. The fourth-order valence-electron chi connectivity index (χ4n) is 2.20. The van der Waals surface area contributed by atoms with Crippen LogP contribution in [0.1, 0.15) is 43.2 Å². The Morgan fingerprint density at radius 1 is 1.17 bits per heavy atom. The average Bonchev–Trinajstić information content (AvgIpc) is 2.37. The molecule has 0 heterocycles. The van der Waals surface area contributed by atoms with Gasteiger partial charge >= 0.3 is 0 Å². The van der Waals surface area contributed by atoms with Crippen molar-refractivity contribution in [2.24, 2.45) is 5.92 Å². The molecule has 0 N–H and O–H groups in total. The van der Waals surface area contributed by atoms with Crippen LogP contribution in [0.15, 0.2) is 12.1 Å². The molecule has 2 nitrogen and oxygen atoms in total. The summed E-state index contributed by atoms with van der Waals surface area (Å²) < 4.78 is 10.6. The third-order valence-corrected chi connectivity index (χ3v) is 3.98. The van der Waals surface area contributed by atoms with Crippen LogP contribution in [0.3, 0.4) is 0 Å². The van der Waals surface area contributed by atoms with Crippen molar-refractivity contribution in [3.05, 3.63) is 23.3 Å². The molecule has 0 aliphatic heterocycles. The monoisotopic (exact) mass is 270 g/mol. The zero-order chi connectivity index (χ0) is 13.7. The molecule has 0 radical (unpaired) electrons. The molecule has 0 saturated heterocycles. The van der Waals surface area contributed by atoms with Gasteiger partial charge in [0, 0.05) is 0 Å². The molecule has 1 aromatic rings. The minimum absolute atomic E-state index is 0.0183. The first-order valence-corrected chi connectivity index (χ1v) is 6.85. The van der Waals surface area contributed by atoms with Crippen LogP contribution in [-0.4, -0.2) is 14.2 Å². The van der Waals surface area contributed by atoms with Crippen molar-refractivity contribution in [2.45, 2.75) is 39.0 Å². The molecule has 2 atom stereocenters. The fraction of sp³-hybridized carbons (Fsp3) is 0.600.